The Hall–Kier alpha value is -3.95. The lowest BCUT2D eigenvalue weighted by Gasteiger charge is -2.34. The molecule has 1 aliphatic heterocycles. The van der Waals surface area contributed by atoms with Crippen molar-refractivity contribution in [3.05, 3.63) is 92.4 Å². The van der Waals surface area contributed by atoms with Crippen molar-refractivity contribution in [1.29, 1.82) is 0 Å². The van der Waals surface area contributed by atoms with Crippen LogP contribution in [0.15, 0.2) is 64.3 Å². The van der Waals surface area contributed by atoms with Gasteiger partial charge in [-0.05, 0) is 55.4 Å². The maximum atomic E-state index is 13.4. The van der Waals surface area contributed by atoms with Crippen LogP contribution in [0.1, 0.15) is 48.4 Å². The zero-order chi connectivity index (χ0) is 28.9. The zero-order valence-electron chi connectivity index (χ0n) is 23.8. The number of ether oxygens (including phenoxy) is 1. The molecule has 0 bridgehead atoms. The van der Waals surface area contributed by atoms with Gasteiger partial charge < -0.3 is 24.9 Å². The van der Waals surface area contributed by atoms with E-state index in [1.54, 1.807) is 7.11 Å². The van der Waals surface area contributed by atoms with Gasteiger partial charge in [0, 0.05) is 74.5 Å². The summed E-state index contributed by atoms with van der Waals surface area (Å²) in [5.41, 5.74) is 11.5. The van der Waals surface area contributed by atoms with Gasteiger partial charge in [-0.1, -0.05) is 42.5 Å². The second-order valence-corrected chi connectivity index (χ2v) is 11.1. The van der Waals surface area contributed by atoms with Crippen LogP contribution in [0.25, 0.3) is 22.0 Å². The molecular weight excluding hydrogens is 518 g/mol. The molecule has 3 heterocycles. The molecule has 4 N–H and O–H groups in total. The average Bonchev–Trinajstić information content (AvgIpc) is 3.25. The molecule has 1 fully saturated rings. The SMILES string of the molecule is COCCCn1c(C2CCCN(C(=O)CC(N)Cc3ccc(-c4c[nH]c(=O)[nH]c4=O)cc3)C2)c(C)c2ccccc21. The third kappa shape index (κ3) is 6.36. The van der Waals surface area contributed by atoms with Crippen LogP contribution in [0.4, 0.5) is 0 Å². The van der Waals surface area contributed by atoms with Crippen LogP contribution in [0.3, 0.4) is 0 Å². The molecule has 0 spiro atoms. The zero-order valence-corrected chi connectivity index (χ0v) is 23.8. The topological polar surface area (TPSA) is 126 Å². The van der Waals surface area contributed by atoms with E-state index in [9.17, 15) is 14.4 Å². The van der Waals surface area contributed by atoms with Crippen molar-refractivity contribution in [1.82, 2.24) is 19.4 Å². The minimum atomic E-state index is -0.536. The van der Waals surface area contributed by atoms with Gasteiger partial charge in [0.05, 0.1) is 5.56 Å². The Balaban J connectivity index is 1.24. The first-order valence-corrected chi connectivity index (χ1v) is 14.4. The van der Waals surface area contributed by atoms with Gasteiger partial charge in [-0.2, -0.15) is 0 Å². The number of amides is 1. The first-order valence-electron chi connectivity index (χ1n) is 14.4. The van der Waals surface area contributed by atoms with Gasteiger partial charge in [0.15, 0.2) is 0 Å². The number of nitrogens with one attached hydrogen (secondary N) is 2. The highest BCUT2D eigenvalue weighted by molar-refractivity contribution is 5.85. The number of nitrogens with two attached hydrogens (primary N) is 1. The van der Waals surface area contributed by atoms with Crippen molar-refractivity contribution in [2.24, 2.45) is 5.73 Å². The summed E-state index contributed by atoms with van der Waals surface area (Å²) in [6, 6.07) is 15.7. The normalized spacial score (nSPS) is 16.3. The van der Waals surface area contributed by atoms with Crippen LogP contribution in [0, 0.1) is 6.92 Å². The van der Waals surface area contributed by atoms with Crippen LogP contribution >= 0.6 is 0 Å². The first kappa shape index (κ1) is 28.6. The van der Waals surface area contributed by atoms with E-state index in [2.05, 4.69) is 45.7 Å². The molecule has 2 unspecified atom stereocenters. The van der Waals surface area contributed by atoms with Crippen LogP contribution in [-0.2, 0) is 22.5 Å². The van der Waals surface area contributed by atoms with Crippen LogP contribution < -0.4 is 17.0 Å². The minimum Gasteiger partial charge on any atom is -0.385 e. The van der Waals surface area contributed by atoms with Crippen LogP contribution in [0.5, 0.6) is 0 Å². The Bertz CT molecular complexity index is 1620. The molecule has 0 saturated carbocycles. The third-order valence-corrected chi connectivity index (χ3v) is 8.18. The second kappa shape index (κ2) is 12.7. The van der Waals surface area contributed by atoms with E-state index in [1.165, 1.54) is 28.4 Å². The van der Waals surface area contributed by atoms with E-state index in [4.69, 9.17) is 10.5 Å². The number of methoxy groups -OCH3 is 1. The van der Waals surface area contributed by atoms with E-state index in [0.717, 1.165) is 37.9 Å². The Morgan fingerprint density at radius 2 is 1.93 bits per heavy atom. The predicted octanol–water partition coefficient (Wildman–Crippen LogP) is 3.70. The van der Waals surface area contributed by atoms with Gasteiger partial charge >= 0.3 is 5.69 Å². The van der Waals surface area contributed by atoms with Gasteiger partial charge in [-0.15, -0.1) is 0 Å². The molecule has 1 saturated heterocycles. The predicted molar refractivity (Wildman–Crippen MR) is 161 cm³/mol. The van der Waals surface area contributed by atoms with Gasteiger partial charge in [0.1, 0.15) is 0 Å². The number of aromatic nitrogens is 3. The number of hydrogen-bond donors (Lipinski definition) is 3. The number of likely N-dealkylation sites (tertiary alicyclic amines) is 1. The fourth-order valence-electron chi connectivity index (χ4n) is 6.23. The molecule has 0 radical (unpaired) electrons. The summed E-state index contributed by atoms with van der Waals surface area (Å²) in [5, 5.41) is 1.28. The number of H-pyrrole nitrogens is 2. The van der Waals surface area contributed by atoms with Crippen molar-refractivity contribution >= 4 is 16.8 Å². The number of fused-ring (bicyclic) bond motifs is 1. The van der Waals surface area contributed by atoms with Crippen molar-refractivity contribution in [2.75, 3.05) is 26.8 Å². The molecule has 216 valence electrons. The lowest BCUT2D eigenvalue weighted by atomic mass is 9.91. The fourth-order valence-corrected chi connectivity index (χ4v) is 6.23. The van der Waals surface area contributed by atoms with Crippen LogP contribution in [0.2, 0.25) is 0 Å². The highest BCUT2D eigenvalue weighted by Gasteiger charge is 2.29. The lowest BCUT2D eigenvalue weighted by molar-refractivity contribution is -0.132. The van der Waals surface area contributed by atoms with E-state index < -0.39 is 11.2 Å². The van der Waals surface area contributed by atoms with E-state index in [0.29, 0.717) is 30.7 Å². The number of aromatic amines is 2. The average molecular weight is 558 g/mol. The van der Waals surface area contributed by atoms with Crippen molar-refractivity contribution in [3.8, 4) is 11.1 Å². The smallest absolute Gasteiger partial charge is 0.325 e. The summed E-state index contributed by atoms with van der Waals surface area (Å²) in [6.07, 6.45) is 5.21. The highest BCUT2D eigenvalue weighted by Crippen LogP contribution is 2.36. The number of para-hydroxylation sites is 1. The third-order valence-electron chi connectivity index (χ3n) is 8.18. The Morgan fingerprint density at radius 1 is 1.15 bits per heavy atom. The Kier molecular flexibility index (Phi) is 8.85. The van der Waals surface area contributed by atoms with Gasteiger partial charge in [-0.3, -0.25) is 14.6 Å². The second-order valence-electron chi connectivity index (χ2n) is 11.1. The molecular formula is C32H39N5O4. The lowest BCUT2D eigenvalue weighted by Crippen LogP contribution is -2.42. The molecule has 0 aliphatic carbocycles. The summed E-state index contributed by atoms with van der Waals surface area (Å²) in [4.78, 5) is 43.5. The summed E-state index contributed by atoms with van der Waals surface area (Å²) in [6.45, 7) is 5.27. The highest BCUT2D eigenvalue weighted by atomic mass is 16.5. The number of carbonyl (C=O) groups excluding carboxylic acids is 1. The quantitative estimate of drug-likeness (QED) is 0.256. The summed E-state index contributed by atoms with van der Waals surface area (Å²) >= 11 is 0. The molecule has 2 aromatic heterocycles. The first-order chi connectivity index (χ1) is 19.9. The number of piperidine rings is 1. The number of aryl methyl sites for hydroxylation is 2. The maximum absolute atomic E-state index is 13.4. The van der Waals surface area contributed by atoms with Crippen molar-refractivity contribution in [2.45, 2.75) is 57.5 Å². The van der Waals surface area contributed by atoms with Crippen LogP contribution in [-0.4, -0.2) is 58.2 Å². The molecule has 5 rings (SSSR count). The summed E-state index contributed by atoms with van der Waals surface area (Å²) in [7, 11) is 1.74. The monoisotopic (exact) mass is 557 g/mol. The fraction of sp³-hybridized carbons (Fsp3) is 0.406. The molecule has 1 aliphatic rings. The number of rotatable bonds is 10. The summed E-state index contributed by atoms with van der Waals surface area (Å²) in [5.74, 6) is 0.376. The number of carbonyl (C=O) groups is 1. The molecule has 41 heavy (non-hydrogen) atoms. The number of hydrogen-bond acceptors (Lipinski definition) is 5. The van der Waals surface area contributed by atoms with Gasteiger partial charge in [-0.25, -0.2) is 4.79 Å². The van der Waals surface area contributed by atoms with E-state index >= 15 is 0 Å². The minimum absolute atomic E-state index is 0.0956. The van der Waals surface area contributed by atoms with Gasteiger partial charge in [0.2, 0.25) is 5.91 Å². The van der Waals surface area contributed by atoms with Gasteiger partial charge in [0.25, 0.3) is 5.56 Å². The van der Waals surface area contributed by atoms with E-state index in [1.807, 2.05) is 29.2 Å². The molecule has 1 amide bonds. The van der Waals surface area contributed by atoms with Crippen molar-refractivity contribution in [3.63, 3.8) is 0 Å². The van der Waals surface area contributed by atoms with Crippen molar-refractivity contribution < 1.29 is 9.53 Å². The molecule has 4 aromatic rings. The molecule has 2 atom stereocenters. The Morgan fingerprint density at radius 3 is 2.68 bits per heavy atom. The summed E-state index contributed by atoms with van der Waals surface area (Å²) < 4.78 is 7.77. The largest absolute Gasteiger partial charge is 0.385 e. The van der Waals surface area contributed by atoms with E-state index in [-0.39, 0.29) is 24.3 Å². The maximum Gasteiger partial charge on any atom is 0.325 e. The Labute approximate surface area is 239 Å². The number of benzene rings is 2. The standard InChI is InChI=1S/C32H39N5O4/c1-21-26-8-3-4-9-28(26)37(15-6-16-41-2)30(21)24-7-5-14-36(20-24)29(38)18-25(33)17-22-10-12-23(13-11-22)27-19-34-32(40)35-31(27)39/h3-4,8-13,19,24-25H,5-7,14-18,20,33H2,1-2H3,(H2,34,35,39,40). The molecule has 9 nitrogen and oxygen atoms in total. The molecule has 2 aromatic carbocycles. The number of nitrogens with zero attached hydrogens (tertiary/aromatic N) is 2. The molecule has 9 heteroatoms.